The molecule has 0 saturated heterocycles. The molecule has 124 valence electrons. The predicted molar refractivity (Wildman–Crippen MR) is 90.1 cm³/mol. The van der Waals surface area contributed by atoms with Crippen LogP contribution < -0.4 is 9.46 Å². The minimum Gasteiger partial charge on any atom is -0.496 e. The minimum absolute atomic E-state index is 0.267. The lowest BCUT2D eigenvalue weighted by atomic mass is 10.1. The van der Waals surface area contributed by atoms with Crippen molar-refractivity contribution in [1.29, 1.82) is 0 Å². The molecule has 0 saturated carbocycles. The Bertz CT molecular complexity index is 731. The molecule has 23 heavy (non-hydrogen) atoms. The summed E-state index contributed by atoms with van der Waals surface area (Å²) in [6.45, 7) is 2.25. The van der Waals surface area contributed by atoms with Crippen LogP contribution in [0, 0.1) is 6.92 Å². The molecule has 1 aromatic carbocycles. The van der Waals surface area contributed by atoms with Gasteiger partial charge in [0.25, 0.3) is 0 Å². The average molecular weight is 334 g/mol. The van der Waals surface area contributed by atoms with Crippen LogP contribution >= 0.6 is 0 Å². The maximum atomic E-state index is 12.3. The first-order valence-electron chi connectivity index (χ1n) is 7.56. The van der Waals surface area contributed by atoms with Crippen molar-refractivity contribution < 1.29 is 13.2 Å². The third kappa shape index (κ3) is 5.04. The predicted octanol–water partition coefficient (Wildman–Crippen LogP) is 2.70. The van der Waals surface area contributed by atoms with Gasteiger partial charge in [-0.05, 0) is 61.6 Å². The summed E-state index contributed by atoms with van der Waals surface area (Å²) in [7, 11) is -1.90. The standard InChI is InChI=1S/C17H22N2O3S/c1-14-12-16(8-9-17(14)22-2)23(20,21)19-11-4-3-6-15-7-5-10-18-13-15/h5,7-10,12-13,19H,3-4,6,11H2,1-2H3. The molecule has 2 rings (SSSR count). The molecule has 6 heteroatoms. The van der Waals surface area contributed by atoms with Gasteiger partial charge in [0.05, 0.1) is 12.0 Å². The summed E-state index contributed by atoms with van der Waals surface area (Å²) in [4.78, 5) is 4.33. The zero-order valence-corrected chi connectivity index (χ0v) is 14.3. The molecular weight excluding hydrogens is 312 g/mol. The lowest BCUT2D eigenvalue weighted by molar-refractivity contribution is 0.411. The molecule has 0 spiro atoms. The molecular formula is C17H22N2O3S. The minimum atomic E-state index is -3.47. The van der Waals surface area contributed by atoms with E-state index in [0.29, 0.717) is 12.3 Å². The van der Waals surface area contributed by atoms with Crippen LogP contribution in [0.4, 0.5) is 0 Å². The highest BCUT2D eigenvalue weighted by Gasteiger charge is 2.14. The number of nitrogens with zero attached hydrogens (tertiary/aromatic N) is 1. The van der Waals surface area contributed by atoms with E-state index >= 15 is 0 Å². The van der Waals surface area contributed by atoms with Crippen LogP contribution in [0.25, 0.3) is 0 Å². The van der Waals surface area contributed by atoms with Crippen LogP contribution in [0.3, 0.4) is 0 Å². The zero-order chi connectivity index (χ0) is 16.7. The van der Waals surface area contributed by atoms with Gasteiger partial charge in [-0.2, -0.15) is 0 Å². The van der Waals surface area contributed by atoms with E-state index in [2.05, 4.69) is 9.71 Å². The number of nitrogens with one attached hydrogen (secondary N) is 1. The molecule has 0 amide bonds. The summed E-state index contributed by atoms with van der Waals surface area (Å²) < 4.78 is 32.3. The number of aryl methyl sites for hydroxylation is 2. The number of unbranched alkanes of at least 4 members (excludes halogenated alkanes) is 1. The number of sulfonamides is 1. The van der Waals surface area contributed by atoms with Gasteiger partial charge in [-0.25, -0.2) is 13.1 Å². The molecule has 1 N–H and O–H groups in total. The fourth-order valence-electron chi connectivity index (χ4n) is 2.31. The molecule has 0 fully saturated rings. The first kappa shape index (κ1) is 17.4. The third-order valence-corrected chi connectivity index (χ3v) is 5.04. The Morgan fingerprint density at radius 3 is 2.70 bits per heavy atom. The van der Waals surface area contributed by atoms with Crippen molar-refractivity contribution in [2.24, 2.45) is 0 Å². The highest BCUT2D eigenvalue weighted by atomic mass is 32.2. The maximum absolute atomic E-state index is 12.3. The normalized spacial score (nSPS) is 11.4. The summed E-state index contributed by atoms with van der Waals surface area (Å²) in [6, 6.07) is 8.79. The number of ether oxygens (including phenoxy) is 1. The van der Waals surface area contributed by atoms with Gasteiger partial charge in [-0.1, -0.05) is 6.07 Å². The quantitative estimate of drug-likeness (QED) is 0.754. The van der Waals surface area contributed by atoms with Gasteiger partial charge in [0.2, 0.25) is 10.0 Å². The molecule has 1 heterocycles. The van der Waals surface area contributed by atoms with Gasteiger partial charge in [0.15, 0.2) is 0 Å². The largest absolute Gasteiger partial charge is 0.496 e. The molecule has 0 bridgehead atoms. The van der Waals surface area contributed by atoms with E-state index in [9.17, 15) is 8.42 Å². The second-order valence-electron chi connectivity index (χ2n) is 5.35. The molecule has 0 radical (unpaired) electrons. The van der Waals surface area contributed by atoms with E-state index in [0.717, 1.165) is 24.8 Å². The van der Waals surface area contributed by atoms with Crippen molar-refractivity contribution >= 4 is 10.0 Å². The first-order valence-corrected chi connectivity index (χ1v) is 9.04. The molecule has 1 aromatic heterocycles. The van der Waals surface area contributed by atoms with Crippen molar-refractivity contribution in [2.75, 3.05) is 13.7 Å². The van der Waals surface area contributed by atoms with Crippen LogP contribution in [0.2, 0.25) is 0 Å². The second kappa shape index (κ2) is 8.08. The van der Waals surface area contributed by atoms with E-state index in [-0.39, 0.29) is 4.90 Å². The summed E-state index contributed by atoms with van der Waals surface area (Å²) >= 11 is 0. The van der Waals surface area contributed by atoms with Crippen LogP contribution in [-0.4, -0.2) is 27.1 Å². The summed E-state index contributed by atoms with van der Waals surface area (Å²) in [5.41, 5.74) is 1.97. The fourth-order valence-corrected chi connectivity index (χ4v) is 3.47. The molecule has 5 nitrogen and oxygen atoms in total. The van der Waals surface area contributed by atoms with Gasteiger partial charge in [0, 0.05) is 18.9 Å². The number of rotatable bonds is 8. The van der Waals surface area contributed by atoms with Crippen LogP contribution in [0.15, 0.2) is 47.6 Å². The molecule has 0 unspecified atom stereocenters. The van der Waals surface area contributed by atoms with Gasteiger partial charge in [-0.3, -0.25) is 4.98 Å². The van der Waals surface area contributed by atoms with E-state index in [1.54, 1.807) is 31.5 Å². The summed E-state index contributed by atoms with van der Waals surface area (Å²) in [5.74, 6) is 0.681. The van der Waals surface area contributed by atoms with Gasteiger partial charge >= 0.3 is 0 Å². The van der Waals surface area contributed by atoms with Gasteiger partial charge in [-0.15, -0.1) is 0 Å². The van der Waals surface area contributed by atoms with E-state index in [4.69, 9.17) is 4.74 Å². The first-order chi connectivity index (χ1) is 11.0. The number of pyridine rings is 1. The molecule has 0 atom stereocenters. The van der Waals surface area contributed by atoms with Crippen LogP contribution in [0.5, 0.6) is 5.75 Å². The Balaban J connectivity index is 1.83. The highest BCUT2D eigenvalue weighted by Crippen LogP contribution is 2.21. The smallest absolute Gasteiger partial charge is 0.240 e. The topological polar surface area (TPSA) is 68.3 Å². The van der Waals surface area contributed by atoms with Crippen LogP contribution in [0.1, 0.15) is 24.0 Å². The number of aromatic nitrogens is 1. The Morgan fingerprint density at radius 1 is 1.22 bits per heavy atom. The number of benzene rings is 1. The van der Waals surface area contributed by atoms with Crippen molar-refractivity contribution in [2.45, 2.75) is 31.1 Å². The molecule has 0 aliphatic carbocycles. The lowest BCUT2D eigenvalue weighted by Gasteiger charge is -2.09. The van der Waals surface area contributed by atoms with E-state index < -0.39 is 10.0 Å². The average Bonchev–Trinajstić information content (AvgIpc) is 2.55. The van der Waals surface area contributed by atoms with Crippen molar-refractivity contribution in [1.82, 2.24) is 9.71 Å². The molecule has 0 aliphatic rings. The zero-order valence-electron chi connectivity index (χ0n) is 13.5. The Labute approximate surface area is 137 Å². The monoisotopic (exact) mass is 334 g/mol. The number of hydrogen-bond acceptors (Lipinski definition) is 4. The Morgan fingerprint density at radius 2 is 2.04 bits per heavy atom. The Hall–Kier alpha value is -1.92. The van der Waals surface area contributed by atoms with Gasteiger partial charge in [0.1, 0.15) is 5.75 Å². The summed E-state index contributed by atoms with van der Waals surface area (Å²) in [5, 5.41) is 0. The second-order valence-corrected chi connectivity index (χ2v) is 7.11. The number of methoxy groups -OCH3 is 1. The lowest BCUT2D eigenvalue weighted by Crippen LogP contribution is -2.25. The van der Waals surface area contributed by atoms with Crippen molar-refractivity contribution in [3.63, 3.8) is 0 Å². The number of hydrogen-bond donors (Lipinski definition) is 1. The summed E-state index contributed by atoms with van der Waals surface area (Å²) in [6.07, 6.45) is 6.18. The van der Waals surface area contributed by atoms with Crippen molar-refractivity contribution in [3.8, 4) is 5.75 Å². The maximum Gasteiger partial charge on any atom is 0.240 e. The molecule has 0 aliphatic heterocycles. The Kier molecular flexibility index (Phi) is 6.12. The molecule has 2 aromatic rings. The van der Waals surface area contributed by atoms with E-state index in [1.807, 2.05) is 25.3 Å². The van der Waals surface area contributed by atoms with E-state index in [1.165, 1.54) is 5.56 Å². The van der Waals surface area contributed by atoms with Crippen molar-refractivity contribution in [3.05, 3.63) is 53.9 Å². The van der Waals surface area contributed by atoms with Gasteiger partial charge < -0.3 is 4.74 Å². The third-order valence-electron chi connectivity index (χ3n) is 3.58. The fraction of sp³-hybridized carbons (Fsp3) is 0.353. The SMILES string of the molecule is COc1ccc(S(=O)(=O)NCCCCc2cccnc2)cc1C. The highest BCUT2D eigenvalue weighted by molar-refractivity contribution is 7.89. The van der Waals surface area contributed by atoms with Crippen LogP contribution in [-0.2, 0) is 16.4 Å².